The molecule has 1 fully saturated rings. The number of hydrogen-bond acceptors (Lipinski definition) is 5. The van der Waals surface area contributed by atoms with Crippen LogP contribution in [0.15, 0.2) is 0 Å². The molecule has 0 aliphatic carbocycles. The van der Waals surface area contributed by atoms with Crippen LogP contribution in [0.5, 0.6) is 0 Å². The summed E-state index contributed by atoms with van der Waals surface area (Å²) in [6.45, 7) is 5.56. The molecule has 0 aromatic carbocycles. The molecule has 19 heavy (non-hydrogen) atoms. The Morgan fingerprint density at radius 1 is 1.32 bits per heavy atom. The Morgan fingerprint density at radius 3 is 2.37 bits per heavy atom. The van der Waals surface area contributed by atoms with Crippen molar-refractivity contribution in [2.45, 2.75) is 19.4 Å². The van der Waals surface area contributed by atoms with Crippen molar-refractivity contribution in [2.24, 2.45) is 0 Å². The molecule has 112 valence electrons. The minimum atomic E-state index is -4.06. The van der Waals surface area contributed by atoms with Gasteiger partial charge in [-0.1, -0.05) is 6.92 Å². The maximum absolute atomic E-state index is 11.8. The molecule has 0 radical (unpaired) electrons. The number of hydrogen-bond donors (Lipinski definition) is 2. The van der Waals surface area contributed by atoms with Crippen molar-refractivity contribution in [3.8, 4) is 0 Å². The van der Waals surface area contributed by atoms with Gasteiger partial charge in [-0.05, 0) is 13.5 Å². The average Bonchev–Trinajstić information content (AvgIpc) is 2.29. The van der Waals surface area contributed by atoms with Crippen LogP contribution in [0.2, 0.25) is 0 Å². The summed E-state index contributed by atoms with van der Waals surface area (Å²) in [5.74, 6) is -0.627. The largest absolute Gasteiger partial charge is 0.351 e. The second-order valence-electron chi connectivity index (χ2n) is 5.00. The molecule has 1 aliphatic heterocycles. The summed E-state index contributed by atoms with van der Waals surface area (Å²) < 4.78 is 30.4. The van der Waals surface area contributed by atoms with Crippen molar-refractivity contribution in [2.75, 3.05) is 45.5 Å². The number of nitrogens with one attached hydrogen (secondary N) is 1. The van der Waals surface area contributed by atoms with Gasteiger partial charge in [-0.15, -0.1) is 0 Å². The second-order valence-corrected chi connectivity index (χ2v) is 6.50. The fraction of sp³-hybridized carbons (Fsp3) is 0.909. The molecule has 2 N–H and O–H groups in total. The SMILES string of the molecule is CCC(CS(=O)(=O)O)NC(=O)CN1CCN(C)CC1. The van der Waals surface area contributed by atoms with Crippen LogP contribution in [0.3, 0.4) is 0 Å². The van der Waals surface area contributed by atoms with Crippen molar-refractivity contribution >= 4 is 16.0 Å². The van der Waals surface area contributed by atoms with E-state index in [1.54, 1.807) is 6.92 Å². The van der Waals surface area contributed by atoms with E-state index in [-0.39, 0.29) is 12.5 Å². The van der Waals surface area contributed by atoms with Crippen molar-refractivity contribution in [1.29, 1.82) is 0 Å². The Hall–Kier alpha value is -0.700. The number of amides is 1. The molecule has 1 rings (SSSR count). The van der Waals surface area contributed by atoms with E-state index in [0.29, 0.717) is 6.42 Å². The van der Waals surface area contributed by atoms with Crippen LogP contribution in [-0.4, -0.2) is 80.2 Å². The van der Waals surface area contributed by atoms with Gasteiger partial charge in [0.2, 0.25) is 5.91 Å². The number of carbonyl (C=O) groups excluding carboxylic acids is 1. The number of likely N-dealkylation sites (N-methyl/N-ethyl adjacent to an activating group) is 1. The molecule has 1 saturated heterocycles. The third-order valence-electron chi connectivity index (χ3n) is 3.23. The molecule has 1 unspecified atom stereocenters. The monoisotopic (exact) mass is 293 g/mol. The molecule has 0 saturated carbocycles. The van der Waals surface area contributed by atoms with Gasteiger partial charge >= 0.3 is 0 Å². The fourth-order valence-electron chi connectivity index (χ4n) is 2.00. The van der Waals surface area contributed by atoms with Crippen molar-refractivity contribution < 1.29 is 17.8 Å². The first-order valence-electron chi connectivity index (χ1n) is 6.45. The minimum Gasteiger partial charge on any atom is -0.351 e. The average molecular weight is 293 g/mol. The van der Waals surface area contributed by atoms with Crippen LogP contribution in [0.1, 0.15) is 13.3 Å². The number of carbonyl (C=O) groups is 1. The number of rotatable bonds is 6. The van der Waals surface area contributed by atoms with E-state index in [1.165, 1.54) is 0 Å². The molecular formula is C11H23N3O4S. The molecule has 1 amide bonds. The maximum Gasteiger partial charge on any atom is 0.266 e. The zero-order valence-electron chi connectivity index (χ0n) is 11.5. The second kappa shape index (κ2) is 7.18. The van der Waals surface area contributed by atoms with Crippen molar-refractivity contribution in [1.82, 2.24) is 15.1 Å². The Balaban J connectivity index is 2.37. The first kappa shape index (κ1) is 16.4. The van der Waals surface area contributed by atoms with E-state index in [2.05, 4.69) is 10.2 Å². The third-order valence-corrected chi connectivity index (χ3v) is 4.06. The zero-order valence-corrected chi connectivity index (χ0v) is 12.3. The minimum absolute atomic E-state index is 0.194. The van der Waals surface area contributed by atoms with Crippen molar-refractivity contribution in [3.05, 3.63) is 0 Å². The lowest BCUT2D eigenvalue weighted by Gasteiger charge is -2.32. The predicted octanol–water partition coefficient (Wildman–Crippen LogP) is -0.984. The first-order valence-corrected chi connectivity index (χ1v) is 8.06. The predicted molar refractivity (Wildman–Crippen MR) is 72.6 cm³/mol. The van der Waals surface area contributed by atoms with E-state index in [0.717, 1.165) is 26.2 Å². The Morgan fingerprint density at radius 2 is 1.89 bits per heavy atom. The van der Waals surface area contributed by atoms with E-state index >= 15 is 0 Å². The van der Waals surface area contributed by atoms with Crippen LogP contribution in [0.25, 0.3) is 0 Å². The van der Waals surface area contributed by atoms with Gasteiger partial charge in [-0.25, -0.2) is 0 Å². The fourth-order valence-corrected chi connectivity index (χ4v) is 2.83. The van der Waals surface area contributed by atoms with Crippen LogP contribution >= 0.6 is 0 Å². The normalized spacial score (nSPS) is 20.2. The van der Waals surface area contributed by atoms with Gasteiger partial charge < -0.3 is 10.2 Å². The molecule has 0 spiro atoms. The highest BCUT2D eigenvalue weighted by Crippen LogP contribution is 2.00. The molecule has 0 aromatic rings. The number of piperazine rings is 1. The van der Waals surface area contributed by atoms with Crippen LogP contribution in [-0.2, 0) is 14.9 Å². The molecule has 7 nitrogen and oxygen atoms in total. The molecule has 1 heterocycles. The van der Waals surface area contributed by atoms with E-state index in [1.807, 2.05) is 11.9 Å². The standard InChI is InChI=1S/C11H23N3O4S/c1-3-10(9-19(16,17)18)12-11(15)8-14-6-4-13(2)5-7-14/h10H,3-9H2,1-2H3,(H,12,15)(H,16,17,18). The Bertz CT molecular complexity index is 391. The smallest absolute Gasteiger partial charge is 0.266 e. The molecule has 8 heteroatoms. The van der Waals surface area contributed by atoms with Crippen LogP contribution in [0, 0.1) is 0 Å². The van der Waals surface area contributed by atoms with E-state index in [4.69, 9.17) is 4.55 Å². The lowest BCUT2D eigenvalue weighted by molar-refractivity contribution is -0.123. The molecule has 1 atom stereocenters. The molecule has 0 aromatic heterocycles. The highest BCUT2D eigenvalue weighted by Gasteiger charge is 2.20. The van der Waals surface area contributed by atoms with Gasteiger partial charge in [0, 0.05) is 32.2 Å². The van der Waals surface area contributed by atoms with Gasteiger partial charge in [-0.2, -0.15) is 8.42 Å². The summed E-state index contributed by atoms with van der Waals surface area (Å²) in [6.07, 6.45) is 0.467. The Labute approximate surface area is 114 Å². The molecular weight excluding hydrogens is 270 g/mol. The first-order chi connectivity index (χ1) is 8.80. The Kier molecular flexibility index (Phi) is 6.18. The van der Waals surface area contributed by atoms with E-state index in [9.17, 15) is 13.2 Å². The zero-order chi connectivity index (χ0) is 14.5. The molecule has 0 bridgehead atoms. The molecule has 1 aliphatic rings. The van der Waals surface area contributed by atoms with Gasteiger partial charge in [0.1, 0.15) is 0 Å². The third kappa shape index (κ3) is 6.86. The summed E-state index contributed by atoms with van der Waals surface area (Å²) in [5, 5.41) is 2.65. The quantitative estimate of drug-likeness (QED) is 0.612. The topological polar surface area (TPSA) is 89.9 Å². The van der Waals surface area contributed by atoms with Crippen LogP contribution < -0.4 is 5.32 Å². The lowest BCUT2D eigenvalue weighted by atomic mass is 10.2. The summed E-state index contributed by atoms with van der Waals surface area (Å²) >= 11 is 0. The summed E-state index contributed by atoms with van der Waals surface area (Å²) in [5.41, 5.74) is 0. The van der Waals surface area contributed by atoms with Gasteiger partial charge in [0.25, 0.3) is 10.1 Å². The highest BCUT2D eigenvalue weighted by atomic mass is 32.2. The highest BCUT2D eigenvalue weighted by molar-refractivity contribution is 7.85. The number of nitrogens with zero attached hydrogens (tertiary/aromatic N) is 2. The van der Waals surface area contributed by atoms with E-state index < -0.39 is 21.9 Å². The lowest BCUT2D eigenvalue weighted by Crippen LogP contribution is -2.50. The maximum atomic E-state index is 11.8. The van der Waals surface area contributed by atoms with Crippen molar-refractivity contribution in [3.63, 3.8) is 0 Å². The van der Waals surface area contributed by atoms with Gasteiger partial charge in [0.05, 0.1) is 12.3 Å². The van der Waals surface area contributed by atoms with Gasteiger partial charge in [0.15, 0.2) is 0 Å². The van der Waals surface area contributed by atoms with Gasteiger partial charge in [-0.3, -0.25) is 14.2 Å². The summed E-state index contributed by atoms with van der Waals surface area (Å²) in [4.78, 5) is 16.0. The van der Waals surface area contributed by atoms with Crippen LogP contribution in [0.4, 0.5) is 0 Å². The summed E-state index contributed by atoms with van der Waals surface area (Å²) in [7, 11) is -2.02. The summed E-state index contributed by atoms with van der Waals surface area (Å²) in [6, 6.07) is -0.532.